The number of pyridine rings is 1. The third-order valence-corrected chi connectivity index (χ3v) is 2.67. The molecule has 0 atom stereocenters. The highest BCUT2D eigenvalue weighted by molar-refractivity contribution is 5.95. The number of hydrogen-bond donors (Lipinski definition) is 2. The van der Waals surface area contributed by atoms with Crippen LogP contribution < -0.4 is 11.1 Å². The van der Waals surface area contributed by atoms with Crippen molar-refractivity contribution in [2.24, 2.45) is 5.73 Å². The summed E-state index contributed by atoms with van der Waals surface area (Å²) in [6.07, 6.45) is 4.28. The van der Waals surface area contributed by atoms with E-state index in [4.69, 9.17) is 10.5 Å². The van der Waals surface area contributed by atoms with Crippen molar-refractivity contribution in [2.75, 3.05) is 19.8 Å². The van der Waals surface area contributed by atoms with E-state index in [0.29, 0.717) is 18.7 Å². The summed E-state index contributed by atoms with van der Waals surface area (Å²) >= 11 is 0. The number of nitrogens with one attached hydrogen (secondary N) is 1. The zero-order valence-corrected chi connectivity index (χ0v) is 11.7. The maximum atomic E-state index is 11.8. The van der Waals surface area contributed by atoms with Crippen molar-refractivity contribution < 1.29 is 14.3 Å². The molecule has 0 aromatic carbocycles. The molecule has 6 heteroatoms. The minimum Gasteiger partial charge on any atom is -0.381 e. The molecule has 0 unspecified atom stereocenters. The molecule has 1 rings (SSSR count). The van der Waals surface area contributed by atoms with E-state index in [9.17, 15) is 9.59 Å². The molecule has 0 spiro atoms. The van der Waals surface area contributed by atoms with E-state index in [-0.39, 0.29) is 11.6 Å². The lowest BCUT2D eigenvalue weighted by molar-refractivity contribution is 0.0937. The van der Waals surface area contributed by atoms with Crippen LogP contribution in [0.25, 0.3) is 0 Å². The third-order valence-electron chi connectivity index (χ3n) is 2.67. The van der Waals surface area contributed by atoms with Crippen LogP contribution in [-0.4, -0.2) is 36.6 Å². The average molecular weight is 279 g/mol. The van der Waals surface area contributed by atoms with Crippen molar-refractivity contribution in [2.45, 2.75) is 26.2 Å². The predicted octanol–water partition coefficient (Wildman–Crippen LogP) is 1.12. The van der Waals surface area contributed by atoms with Gasteiger partial charge >= 0.3 is 0 Å². The smallest absolute Gasteiger partial charge is 0.267 e. The van der Waals surface area contributed by atoms with Crippen molar-refractivity contribution in [1.29, 1.82) is 0 Å². The van der Waals surface area contributed by atoms with Crippen LogP contribution in [0.4, 0.5) is 0 Å². The van der Waals surface area contributed by atoms with Crippen LogP contribution in [-0.2, 0) is 4.74 Å². The Bertz CT molecular complexity index is 432. The zero-order valence-electron chi connectivity index (χ0n) is 11.7. The zero-order chi connectivity index (χ0) is 14.8. The van der Waals surface area contributed by atoms with Crippen molar-refractivity contribution in [3.63, 3.8) is 0 Å². The fraction of sp³-hybridized carbons (Fsp3) is 0.500. The first-order chi connectivity index (χ1) is 9.65. The third kappa shape index (κ3) is 5.79. The molecule has 6 nitrogen and oxygen atoms in total. The van der Waals surface area contributed by atoms with Gasteiger partial charge in [-0.25, -0.2) is 0 Å². The number of amides is 2. The largest absolute Gasteiger partial charge is 0.381 e. The van der Waals surface area contributed by atoms with Gasteiger partial charge in [0.2, 0.25) is 0 Å². The molecule has 0 aliphatic carbocycles. The predicted molar refractivity (Wildman–Crippen MR) is 75.4 cm³/mol. The van der Waals surface area contributed by atoms with Crippen molar-refractivity contribution in [1.82, 2.24) is 10.3 Å². The van der Waals surface area contributed by atoms with Crippen LogP contribution in [0.3, 0.4) is 0 Å². The topological polar surface area (TPSA) is 94.3 Å². The molecule has 2 amide bonds. The van der Waals surface area contributed by atoms with Gasteiger partial charge in [0, 0.05) is 26.0 Å². The van der Waals surface area contributed by atoms with Crippen LogP contribution in [0.15, 0.2) is 18.3 Å². The molecular formula is C14H21N3O3. The van der Waals surface area contributed by atoms with E-state index in [1.807, 2.05) is 0 Å². The first kappa shape index (κ1) is 16.1. The second kappa shape index (κ2) is 9.03. The van der Waals surface area contributed by atoms with Gasteiger partial charge in [0.05, 0.1) is 5.56 Å². The molecule has 3 N–H and O–H groups in total. The molecule has 1 aromatic heterocycles. The fourth-order valence-corrected chi connectivity index (χ4v) is 1.50. The summed E-state index contributed by atoms with van der Waals surface area (Å²) in [5, 5.41) is 2.76. The quantitative estimate of drug-likeness (QED) is 0.662. The lowest BCUT2D eigenvalue weighted by atomic mass is 10.2. The Hall–Kier alpha value is -1.95. The summed E-state index contributed by atoms with van der Waals surface area (Å²) in [7, 11) is 0. The van der Waals surface area contributed by atoms with Crippen LogP contribution in [0.2, 0.25) is 0 Å². The Kier molecular flexibility index (Phi) is 7.27. The van der Waals surface area contributed by atoms with E-state index >= 15 is 0 Å². The molecule has 0 saturated carbocycles. The highest BCUT2D eigenvalue weighted by Crippen LogP contribution is 2.00. The number of aromatic nitrogens is 1. The van der Waals surface area contributed by atoms with Crippen LogP contribution in [0, 0.1) is 0 Å². The van der Waals surface area contributed by atoms with Crippen molar-refractivity contribution in [3.05, 3.63) is 29.6 Å². The van der Waals surface area contributed by atoms with E-state index < -0.39 is 5.91 Å². The first-order valence-corrected chi connectivity index (χ1v) is 6.77. The summed E-state index contributed by atoms with van der Waals surface area (Å²) in [6.45, 7) is 4.06. The number of nitrogens with zero attached hydrogens (tertiary/aromatic N) is 1. The van der Waals surface area contributed by atoms with Gasteiger partial charge in [-0.05, 0) is 25.0 Å². The number of unbranched alkanes of at least 4 members (excludes halogenated alkanes) is 1. The summed E-state index contributed by atoms with van der Waals surface area (Å²) in [5.74, 6) is -0.830. The molecule has 20 heavy (non-hydrogen) atoms. The fourth-order valence-electron chi connectivity index (χ4n) is 1.50. The van der Waals surface area contributed by atoms with E-state index in [1.54, 1.807) is 0 Å². The summed E-state index contributed by atoms with van der Waals surface area (Å²) in [4.78, 5) is 26.4. The maximum absolute atomic E-state index is 11.8. The lowest BCUT2D eigenvalue weighted by Crippen LogP contribution is -2.25. The first-order valence-electron chi connectivity index (χ1n) is 6.77. The second-order valence-corrected chi connectivity index (χ2v) is 4.37. The Labute approximate surface area is 118 Å². The average Bonchev–Trinajstić information content (AvgIpc) is 2.46. The maximum Gasteiger partial charge on any atom is 0.267 e. The molecule has 0 saturated heterocycles. The van der Waals surface area contributed by atoms with Gasteiger partial charge in [0.25, 0.3) is 11.8 Å². The van der Waals surface area contributed by atoms with Gasteiger partial charge in [-0.1, -0.05) is 13.3 Å². The summed E-state index contributed by atoms with van der Waals surface area (Å²) in [5.41, 5.74) is 5.62. The molecule has 0 aliphatic heterocycles. The van der Waals surface area contributed by atoms with Crippen LogP contribution in [0.5, 0.6) is 0 Å². The molecular weight excluding hydrogens is 258 g/mol. The summed E-state index contributed by atoms with van der Waals surface area (Å²) in [6, 6.07) is 2.96. The highest BCUT2D eigenvalue weighted by Gasteiger charge is 2.07. The van der Waals surface area contributed by atoms with Crippen molar-refractivity contribution in [3.8, 4) is 0 Å². The normalized spacial score (nSPS) is 10.2. The van der Waals surface area contributed by atoms with Crippen LogP contribution >= 0.6 is 0 Å². The number of nitrogens with two attached hydrogens (primary N) is 1. The molecule has 0 radical (unpaired) electrons. The van der Waals surface area contributed by atoms with Gasteiger partial charge in [-0.3, -0.25) is 14.6 Å². The molecule has 1 heterocycles. The highest BCUT2D eigenvalue weighted by atomic mass is 16.5. The summed E-state index contributed by atoms with van der Waals surface area (Å²) < 4.78 is 5.39. The van der Waals surface area contributed by atoms with Gasteiger partial charge in [-0.15, -0.1) is 0 Å². The Morgan fingerprint density at radius 1 is 1.30 bits per heavy atom. The van der Waals surface area contributed by atoms with Crippen LogP contribution in [0.1, 0.15) is 47.0 Å². The van der Waals surface area contributed by atoms with Gasteiger partial charge in [0.1, 0.15) is 5.69 Å². The minimum absolute atomic E-state index is 0.144. The Morgan fingerprint density at radius 3 is 2.65 bits per heavy atom. The molecule has 1 aromatic rings. The van der Waals surface area contributed by atoms with Gasteiger partial charge in [0.15, 0.2) is 0 Å². The lowest BCUT2D eigenvalue weighted by Gasteiger charge is -2.06. The molecule has 0 aliphatic rings. The number of carbonyl (C=O) groups excluding carboxylic acids is 2. The molecule has 110 valence electrons. The monoisotopic (exact) mass is 279 g/mol. The SMILES string of the molecule is CCCCOCCCNC(=O)c1ccc(C(N)=O)nc1. The molecule has 0 fully saturated rings. The number of primary amides is 1. The number of carbonyl (C=O) groups is 2. The Balaban J connectivity index is 2.24. The molecule has 0 bridgehead atoms. The van der Waals surface area contributed by atoms with Gasteiger partial charge in [-0.2, -0.15) is 0 Å². The van der Waals surface area contributed by atoms with Gasteiger partial charge < -0.3 is 15.8 Å². The second-order valence-electron chi connectivity index (χ2n) is 4.37. The standard InChI is InChI=1S/C14H21N3O3/c1-2-3-8-20-9-4-7-16-14(19)11-5-6-12(13(15)18)17-10-11/h5-6,10H,2-4,7-9H2,1H3,(H2,15,18)(H,16,19). The van der Waals surface area contributed by atoms with E-state index in [2.05, 4.69) is 17.2 Å². The Morgan fingerprint density at radius 2 is 2.05 bits per heavy atom. The number of hydrogen-bond acceptors (Lipinski definition) is 4. The number of ether oxygens (including phenoxy) is 1. The minimum atomic E-state index is -0.610. The van der Waals surface area contributed by atoms with E-state index in [0.717, 1.165) is 25.9 Å². The number of rotatable bonds is 9. The van der Waals surface area contributed by atoms with Crippen molar-refractivity contribution >= 4 is 11.8 Å². The van der Waals surface area contributed by atoms with E-state index in [1.165, 1.54) is 18.3 Å².